The molecule has 160 valence electrons. The molecule has 1 aliphatic heterocycles. The summed E-state index contributed by atoms with van der Waals surface area (Å²) in [5.74, 6) is -0.498. The molecule has 2 aromatic carbocycles. The highest BCUT2D eigenvalue weighted by molar-refractivity contribution is 6.08. The topological polar surface area (TPSA) is 75.0 Å². The summed E-state index contributed by atoms with van der Waals surface area (Å²) >= 11 is 0. The number of benzene rings is 2. The standard InChI is InChI=1S/C23H22FN3O4/c1-30-21-5-3-2-4-20(21)26-9-11-27(12-10-26)23(29)18-7-6-17(24)14-19(18)25-22(28)16-8-13-31-15-16/h2-8,13-15H,9-12H2,1H3,(H,25,28). The van der Waals surface area contributed by atoms with Gasteiger partial charge in [-0.1, -0.05) is 12.1 Å². The van der Waals surface area contributed by atoms with E-state index in [9.17, 15) is 14.0 Å². The average molecular weight is 423 g/mol. The van der Waals surface area contributed by atoms with E-state index in [-0.39, 0.29) is 22.7 Å². The molecule has 4 rings (SSSR count). The summed E-state index contributed by atoms with van der Waals surface area (Å²) in [6.45, 7) is 2.24. The van der Waals surface area contributed by atoms with Crippen molar-refractivity contribution in [1.82, 2.24) is 4.90 Å². The van der Waals surface area contributed by atoms with Gasteiger partial charge in [0.1, 0.15) is 17.8 Å². The van der Waals surface area contributed by atoms with Gasteiger partial charge in [-0.25, -0.2) is 4.39 Å². The Labute approximate surface area is 179 Å². The maximum atomic E-state index is 13.8. The predicted octanol–water partition coefficient (Wildman–Crippen LogP) is 3.64. The van der Waals surface area contributed by atoms with Crippen molar-refractivity contribution in [3.05, 3.63) is 78.0 Å². The minimum atomic E-state index is -0.542. The summed E-state index contributed by atoms with van der Waals surface area (Å²) in [5.41, 5.74) is 1.63. The molecule has 0 radical (unpaired) electrons. The Bertz CT molecular complexity index is 1080. The minimum Gasteiger partial charge on any atom is -0.495 e. The molecule has 0 spiro atoms. The van der Waals surface area contributed by atoms with E-state index in [1.165, 1.54) is 30.7 Å². The molecule has 0 atom stereocenters. The van der Waals surface area contributed by atoms with Crippen LogP contribution in [-0.2, 0) is 0 Å². The second-order valence-corrected chi connectivity index (χ2v) is 7.11. The number of methoxy groups -OCH3 is 1. The molecule has 8 heteroatoms. The number of anilines is 2. The maximum absolute atomic E-state index is 13.8. The molecule has 0 bridgehead atoms. The van der Waals surface area contributed by atoms with E-state index in [0.717, 1.165) is 17.5 Å². The van der Waals surface area contributed by atoms with Crippen molar-refractivity contribution in [2.75, 3.05) is 43.5 Å². The molecule has 7 nitrogen and oxygen atoms in total. The Morgan fingerprint density at radius 2 is 1.84 bits per heavy atom. The fourth-order valence-electron chi connectivity index (χ4n) is 3.61. The van der Waals surface area contributed by atoms with Crippen LogP contribution in [0.15, 0.2) is 65.5 Å². The van der Waals surface area contributed by atoms with Crippen LogP contribution in [0, 0.1) is 5.82 Å². The number of piperazine rings is 1. The lowest BCUT2D eigenvalue weighted by molar-refractivity contribution is 0.0747. The SMILES string of the molecule is COc1ccccc1N1CCN(C(=O)c2ccc(F)cc2NC(=O)c2ccoc2)CC1. The van der Waals surface area contributed by atoms with Crippen molar-refractivity contribution in [1.29, 1.82) is 0 Å². The third-order valence-electron chi connectivity index (χ3n) is 5.24. The molecule has 31 heavy (non-hydrogen) atoms. The lowest BCUT2D eigenvalue weighted by Gasteiger charge is -2.36. The lowest BCUT2D eigenvalue weighted by atomic mass is 10.1. The van der Waals surface area contributed by atoms with Gasteiger partial charge in [-0.05, 0) is 36.4 Å². The highest BCUT2D eigenvalue weighted by Crippen LogP contribution is 2.29. The van der Waals surface area contributed by atoms with Crippen molar-refractivity contribution >= 4 is 23.2 Å². The number of para-hydroxylation sites is 2. The van der Waals surface area contributed by atoms with Gasteiger partial charge in [-0.15, -0.1) is 0 Å². The van der Waals surface area contributed by atoms with Crippen LogP contribution < -0.4 is 15.0 Å². The van der Waals surface area contributed by atoms with E-state index in [2.05, 4.69) is 10.2 Å². The number of rotatable bonds is 5. The van der Waals surface area contributed by atoms with Crippen LogP contribution in [0.5, 0.6) is 5.75 Å². The summed E-state index contributed by atoms with van der Waals surface area (Å²) < 4.78 is 24.2. The number of furan rings is 1. The first-order valence-electron chi connectivity index (χ1n) is 9.87. The number of carbonyl (C=O) groups is 2. The summed E-state index contributed by atoms with van der Waals surface area (Å²) in [6, 6.07) is 13.0. The molecule has 2 amide bonds. The van der Waals surface area contributed by atoms with Crippen LogP contribution in [0.1, 0.15) is 20.7 Å². The van der Waals surface area contributed by atoms with Gasteiger partial charge < -0.3 is 24.3 Å². The maximum Gasteiger partial charge on any atom is 0.258 e. The molecule has 0 saturated carbocycles. The normalized spacial score (nSPS) is 13.7. The molecule has 0 aliphatic carbocycles. The molecule has 1 saturated heterocycles. The number of nitrogens with one attached hydrogen (secondary N) is 1. The third-order valence-corrected chi connectivity index (χ3v) is 5.24. The first-order chi connectivity index (χ1) is 15.1. The molecule has 3 aromatic rings. The van der Waals surface area contributed by atoms with E-state index in [0.29, 0.717) is 26.2 Å². The molecule has 1 N–H and O–H groups in total. The Balaban J connectivity index is 1.48. The van der Waals surface area contributed by atoms with Crippen LogP contribution in [0.4, 0.5) is 15.8 Å². The first kappa shape index (κ1) is 20.5. The Morgan fingerprint density at radius 3 is 2.55 bits per heavy atom. The van der Waals surface area contributed by atoms with Crippen LogP contribution >= 0.6 is 0 Å². The fourth-order valence-corrected chi connectivity index (χ4v) is 3.61. The second kappa shape index (κ2) is 8.91. The van der Waals surface area contributed by atoms with Crippen LogP contribution in [-0.4, -0.2) is 50.0 Å². The quantitative estimate of drug-likeness (QED) is 0.678. The van der Waals surface area contributed by atoms with Crippen LogP contribution in [0.2, 0.25) is 0 Å². The predicted molar refractivity (Wildman–Crippen MR) is 114 cm³/mol. The molecule has 1 aliphatic rings. The minimum absolute atomic E-state index is 0.128. The zero-order valence-corrected chi connectivity index (χ0v) is 17.0. The number of halogens is 1. The number of hydrogen-bond donors (Lipinski definition) is 1. The highest BCUT2D eigenvalue weighted by atomic mass is 19.1. The number of hydrogen-bond acceptors (Lipinski definition) is 5. The monoisotopic (exact) mass is 423 g/mol. The molecular formula is C23H22FN3O4. The summed E-state index contributed by atoms with van der Waals surface area (Å²) in [4.78, 5) is 29.4. The van der Waals surface area contributed by atoms with Crippen LogP contribution in [0.25, 0.3) is 0 Å². The van der Waals surface area contributed by atoms with Gasteiger partial charge in [0.2, 0.25) is 0 Å². The molecule has 1 aromatic heterocycles. The van der Waals surface area contributed by atoms with E-state index >= 15 is 0 Å². The molecule has 0 unspecified atom stereocenters. The second-order valence-electron chi connectivity index (χ2n) is 7.11. The largest absolute Gasteiger partial charge is 0.495 e. The fraction of sp³-hybridized carbons (Fsp3) is 0.217. The van der Waals surface area contributed by atoms with E-state index in [1.54, 1.807) is 12.0 Å². The van der Waals surface area contributed by atoms with Crippen molar-refractivity contribution in [2.24, 2.45) is 0 Å². The van der Waals surface area contributed by atoms with E-state index < -0.39 is 11.7 Å². The van der Waals surface area contributed by atoms with Crippen molar-refractivity contribution in [3.8, 4) is 5.75 Å². The number of carbonyl (C=O) groups excluding carboxylic acids is 2. The Kier molecular flexibility index (Phi) is 5.88. The van der Waals surface area contributed by atoms with E-state index in [4.69, 9.17) is 9.15 Å². The van der Waals surface area contributed by atoms with Crippen LogP contribution in [0.3, 0.4) is 0 Å². The third kappa shape index (κ3) is 4.37. The summed E-state index contributed by atoms with van der Waals surface area (Å²) in [6.07, 6.45) is 2.65. The first-order valence-corrected chi connectivity index (χ1v) is 9.87. The zero-order valence-electron chi connectivity index (χ0n) is 17.0. The molecule has 2 heterocycles. The number of ether oxygens (including phenoxy) is 1. The van der Waals surface area contributed by atoms with Gasteiger partial charge in [-0.3, -0.25) is 9.59 Å². The zero-order chi connectivity index (χ0) is 21.8. The van der Waals surface area contributed by atoms with Gasteiger partial charge in [0.25, 0.3) is 11.8 Å². The Morgan fingerprint density at radius 1 is 1.06 bits per heavy atom. The van der Waals surface area contributed by atoms with Crippen molar-refractivity contribution in [2.45, 2.75) is 0 Å². The molecular weight excluding hydrogens is 401 g/mol. The highest BCUT2D eigenvalue weighted by Gasteiger charge is 2.26. The van der Waals surface area contributed by atoms with Crippen molar-refractivity contribution < 1.29 is 23.1 Å². The summed E-state index contributed by atoms with van der Waals surface area (Å²) in [5, 5.41) is 2.61. The van der Waals surface area contributed by atoms with Gasteiger partial charge in [0, 0.05) is 26.2 Å². The lowest BCUT2D eigenvalue weighted by Crippen LogP contribution is -2.49. The van der Waals surface area contributed by atoms with E-state index in [1.807, 2.05) is 24.3 Å². The average Bonchev–Trinajstić information content (AvgIpc) is 3.34. The van der Waals surface area contributed by atoms with Gasteiger partial charge in [0.05, 0.1) is 35.9 Å². The smallest absolute Gasteiger partial charge is 0.258 e. The number of nitrogens with zero attached hydrogens (tertiary/aromatic N) is 2. The van der Waals surface area contributed by atoms with Gasteiger partial charge in [-0.2, -0.15) is 0 Å². The van der Waals surface area contributed by atoms with Gasteiger partial charge >= 0.3 is 0 Å². The Hall–Kier alpha value is -3.81. The summed E-state index contributed by atoms with van der Waals surface area (Å²) in [7, 11) is 1.63. The van der Waals surface area contributed by atoms with Gasteiger partial charge in [0.15, 0.2) is 0 Å². The molecule has 1 fully saturated rings. The van der Waals surface area contributed by atoms with Crippen molar-refractivity contribution in [3.63, 3.8) is 0 Å². The number of amides is 2.